The smallest absolute Gasteiger partial charge is 0.137 e. The van der Waals surface area contributed by atoms with E-state index in [0.717, 1.165) is 36.6 Å². The van der Waals surface area contributed by atoms with Crippen molar-refractivity contribution in [3.63, 3.8) is 0 Å². The van der Waals surface area contributed by atoms with Gasteiger partial charge in [0.1, 0.15) is 16.8 Å². The van der Waals surface area contributed by atoms with Gasteiger partial charge in [0.05, 0.1) is 0 Å². The first-order chi connectivity index (χ1) is 8.75. The van der Waals surface area contributed by atoms with Crippen LogP contribution in [-0.2, 0) is 6.42 Å². The van der Waals surface area contributed by atoms with Crippen molar-refractivity contribution in [3.05, 3.63) is 16.5 Å². The lowest BCUT2D eigenvalue weighted by atomic mass is 9.82. The number of nitrogens with one attached hydrogen (secondary N) is 1. The highest BCUT2D eigenvalue weighted by Gasteiger charge is 2.20. The zero-order chi connectivity index (χ0) is 14.6. The molecule has 0 bridgehead atoms. The summed E-state index contributed by atoms with van der Waals surface area (Å²) in [6.07, 6.45) is 1.89. The van der Waals surface area contributed by atoms with Gasteiger partial charge in [-0.3, -0.25) is 0 Å². The minimum Gasteiger partial charge on any atom is -0.369 e. The van der Waals surface area contributed by atoms with Crippen LogP contribution in [0.1, 0.15) is 52.4 Å². The maximum Gasteiger partial charge on any atom is 0.137 e. The Balaban J connectivity index is 2.82. The van der Waals surface area contributed by atoms with Crippen molar-refractivity contribution in [1.29, 1.82) is 0 Å². The quantitative estimate of drug-likeness (QED) is 0.810. The van der Waals surface area contributed by atoms with Crippen molar-refractivity contribution in [2.45, 2.75) is 54.4 Å². The van der Waals surface area contributed by atoms with E-state index < -0.39 is 0 Å². The van der Waals surface area contributed by atoms with Crippen LogP contribution in [0.3, 0.4) is 0 Å². The summed E-state index contributed by atoms with van der Waals surface area (Å²) in [5, 5.41) is 3.98. The summed E-state index contributed by atoms with van der Waals surface area (Å²) < 4.78 is 0. The predicted octanol–water partition coefficient (Wildman–Crippen LogP) is 4.49. The number of nitrogens with zero attached hydrogens (tertiary/aromatic N) is 2. The van der Waals surface area contributed by atoms with E-state index >= 15 is 0 Å². The van der Waals surface area contributed by atoms with Gasteiger partial charge in [0.25, 0.3) is 0 Å². The number of hydrogen-bond donors (Lipinski definition) is 1. The minimum atomic E-state index is 0.282. The second kappa shape index (κ2) is 6.56. The lowest BCUT2D eigenvalue weighted by molar-refractivity contribution is 0.274. The Bertz CT molecular complexity index is 424. The van der Waals surface area contributed by atoms with Crippen LogP contribution in [0.25, 0.3) is 0 Å². The third kappa shape index (κ3) is 4.64. The van der Waals surface area contributed by atoms with Gasteiger partial charge in [-0.25, -0.2) is 9.97 Å². The topological polar surface area (TPSA) is 37.8 Å². The molecule has 108 valence electrons. The van der Waals surface area contributed by atoms with Crippen molar-refractivity contribution >= 4 is 17.4 Å². The van der Waals surface area contributed by atoms with Crippen LogP contribution in [-0.4, -0.2) is 16.5 Å². The Morgan fingerprint density at radius 1 is 1.26 bits per heavy atom. The molecule has 1 unspecified atom stereocenters. The standard InChI is InChI=1S/C15H26ClN3/c1-7-8-12-18-13(16)11(3)14(19-12)17-9-10(2)15(4,5)6/h10H,7-9H2,1-6H3,(H,17,18,19). The van der Waals surface area contributed by atoms with Crippen molar-refractivity contribution in [2.75, 3.05) is 11.9 Å². The molecule has 0 amide bonds. The van der Waals surface area contributed by atoms with Crippen molar-refractivity contribution in [3.8, 4) is 0 Å². The number of hydrogen-bond acceptors (Lipinski definition) is 3. The maximum absolute atomic E-state index is 6.17. The van der Waals surface area contributed by atoms with Gasteiger partial charge >= 0.3 is 0 Å². The molecule has 0 aliphatic carbocycles. The van der Waals surface area contributed by atoms with Crippen LogP contribution in [0.15, 0.2) is 0 Å². The first-order valence-corrected chi connectivity index (χ1v) is 7.40. The molecule has 0 aliphatic rings. The molecular weight excluding hydrogens is 258 g/mol. The monoisotopic (exact) mass is 283 g/mol. The summed E-state index contributed by atoms with van der Waals surface area (Å²) in [5.74, 6) is 2.25. The zero-order valence-corrected chi connectivity index (χ0v) is 13.7. The van der Waals surface area contributed by atoms with Crippen LogP contribution >= 0.6 is 11.6 Å². The van der Waals surface area contributed by atoms with E-state index in [1.54, 1.807) is 0 Å². The fourth-order valence-corrected chi connectivity index (χ4v) is 1.78. The second-order valence-corrected chi connectivity index (χ2v) is 6.66. The highest BCUT2D eigenvalue weighted by atomic mass is 35.5. The van der Waals surface area contributed by atoms with E-state index in [2.05, 4.69) is 49.9 Å². The van der Waals surface area contributed by atoms with Gasteiger partial charge in [0.2, 0.25) is 0 Å². The van der Waals surface area contributed by atoms with Gasteiger partial charge in [-0.2, -0.15) is 0 Å². The van der Waals surface area contributed by atoms with Gasteiger partial charge in [-0.1, -0.05) is 46.2 Å². The van der Waals surface area contributed by atoms with Crippen molar-refractivity contribution in [1.82, 2.24) is 9.97 Å². The molecule has 0 saturated heterocycles. The first kappa shape index (κ1) is 16.2. The van der Waals surface area contributed by atoms with E-state index in [1.165, 1.54) is 0 Å². The minimum absolute atomic E-state index is 0.282. The van der Waals surface area contributed by atoms with Gasteiger partial charge < -0.3 is 5.32 Å². The first-order valence-electron chi connectivity index (χ1n) is 7.02. The third-order valence-electron chi connectivity index (χ3n) is 3.66. The fourth-order valence-electron chi connectivity index (χ4n) is 1.60. The molecule has 4 heteroatoms. The molecule has 0 aliphatic heterocycles. The molecule has 0 fully saturated rings. The largest absolute Gasteiger partial charge is 0.369 e. The predicted molar refractivity (Wildman–Crippen MR) is 82.9 cm³/mol. The molecule has 0 spiro atoms. The summed E-state index contributed by atoms with van der Waals surface area (Å²) in [6.45, 7) is 14.0. The molecule has 0 radical (unpaired) electrons. The number of rotatable bonds is 5. The van der Waals surface area contributed by atoms with Crippen LogP contribution in [0.4, 0.5) is 5.82 Å². The fraction of sp³-hybridized carbons (Fsp3) is 0.733. The number of halogens is 1. The number of aromatic nitrogens is 2. The van der Waals surface area contributed by atoms with Crippen molar-refractivity contribution in [2.24, 2.45) is 11.3 Å². The molecule has 3 nitrogen and oxygen atoms in total. The molecular formula is C15H26ClN3. The molecule has 1 atom stereocenters. The van der Waals surface area contributed by atoms with E-state index in [0.29, 0.717) is 11.1 Å². The summed E-state index contributed by atoms with van der Waals surface area (Å²) in [4.78, 5) is 8.88. The zero-order valence-electron chi connectivity index (χ0n) is 13.0. The molecule has 19 heavy (non-hydrogen) atoms. The highest BCUT2D eigenvalue weighted by molar-refractivity contribution is 6.30. The van der Waals surface area contributed by atoms with Gasteiger partial charge in [0.15, 0.2) is 0 Å². The molecule has 1 aromatic rings. The second-order valence-electron chi connectivity index (χ2n) is 6.30. The van der Waals surface area contributed by atoms with Gasteiger partial charge in [-0.05, 0) is 24.7 Å². The van der Waals surface area contributed by atoms with Gasteiger partial charge in [0, 0.05) is 18.5 Å². The molecule has 1 aromatic heterocycles. The average molecular weight is 284 g/mol. The Labute approximate surface area is 122 Å². The number of aryl methyl sites for hydroxylation is 1. The highest BCUT2D eigenvalue weighted by Crippen LogP contribution is 2.26. The normalized spacial score (nSPS) is 13.4. The summed E-state index contributed by atoms with van der Waals surface area (Å²) in [7, 11) is 0. The Hall–Kier alpha value is -0.830. The summed E-state index contributed by atoms with van der Waals surface area (Å²) in [6, 6.07) is 0. The van der Waals surface area contributed by atoms with Crippen molar-refractivity contribution < 1.29 is 0 Å². The van der Waals surface area contributed by atoms with Crippen LogP contribution in [0.5, 0.6) is 0 Å². The van der Waals surface area contributed by atoms with Crippen LogP contribution in [0.2, 0.25) is 5.15 Å². The summed E-state index contributed by atoms with van der Waals surface area (Å²) in [5.41, 5.74) is 1.21. The Kier molecular flexibility index (Phi) is 5.60. The van der Waals surface area contributed by atoms with Crippen LogP contribution in [0, 0.1) is 18.3 Å². The third-order valence-corrected chi connectivity index (χ3v) is 4.03. The molecule has 1 rings (SSSR count). The van der Waals surface area contributed by atoms with E-state index in [4.69, 9.17) is 11.6 Å². The molecule has 0 aromatic carbocycles. The van der Waals surface area contributed by atoms with Crippen LogP contribution < -0.4 is 5.32 Å². The average Bonchev–Trinajstić information content (AvgIpc) is 2.30. The molecule has 0 saturated carbocycles. The number of anilines is 1. The Morgan fingerprint density at radius 2 is 1.89 bits per heavy atom. The molecule has 1 N–H and O–H groups in total. The lowest BCUT2D eigenvalue weighted by Gasteiger charge is -2.27. The Morgan fingerprint density at radius 3 is 2.42 bits per heavy atom. The lowest BCUT2D eigenvalue weighted by Crippen LogP contribution is -2.25. The van der Waals surface area contributed by atoms with E-state index in [-0.39, 0.29) is 5.41 Å². The maximum atomic E-state index is 6.17. The SMILES string of the molecule is CCCc1nc(Cl)c(C)c(NCC(C)C(C)(C)C)n1. The summed E-state index contributed by atoms with van der Waals surface area (Å²) >= 11 is 6.17. The van der Waals surface area contributed by atoms with E-state index in [1.807, 2.05) is 6.92 Å². The van der Waals surface area contributed by atoms with Gasteiger partial charge in [-0.15, -0.1) is 0 Å². The van der Waals surface area contributed by atoms with E-state index in [9.17, 15) is 0 Å². The molecule has 1 heterocycles.